The van der Waals surface area contributed by atoms with Crippen molar-refractivity contribution in [2.45, 2.75) is 32.2 Å². The molecule has 25 heavy (non-hydrogen) atoms. The molecular formula is C18H17ClF3NO2. The van der Waals surface area contributed by atoms with Gasteiger partial charge in [0.15, 0.2) is 5.60 Å². The van der Waals surface area contributed by atoms with Gasteiger partial charge < -0.3 is 10.1 Å². The Kier molecular flexibility index (Phi) is 5.62. The molecule has 2 rings (SSSR count). The minimum absolute atomic E-state index is 0.0316. The zero-order valence-electron chi connectivity index (χ0n) is 13.7. The summed E-state index contributed by atoms with van der Waals surface area (Å²) in [5.41, 5.74) is -1.60. The van der Waals surface area contributed by atoms with Gasteiger partial charge in [-0.05, 0) is 55.8 Å². The Bertz CT molecular complexity index is 743. The Labute approximate surface area is 148 Å². The van der Waals surface area contributed by atoms with Gasteiger partial charge in [0, 0.05) is 11.6 Å². The van der Waals surface area contributed by atoms with E-state index in [0.29, 0.717) is 16.3 Å². The number of ether oxygens (including phenoxy) is 1. The summed E-state index contributed by atoms with van der Waals surface area (Å²) in [6.07, 6.45) is -4.42. The second kappa shape index (κ2) is 7.35. The molecule has 0 heterocycles. The van der Waals surface area contributed by atoms with Gasteiger partial charge in [-0.25, -0.2) is 0 Å². The van der Waals surface area contributed by atoms with Crippen molar-refractivity contribution in [3.8, 4) is 5.75 Å². The van der Waals surface area contributed by atoms with Crippen LogP contribution in [0.15, 0.2) is 48.5 Å². The molecule has 0 atom stereocenters. The average molecular weight is 372 g/mol. The maximum absolute atomic E-state index is 12.7. The van der Waals surface area contributed by atoms with E-state index >= 15 is 0 Å². The molecule has 0 radical (unpaired) electrons. The highest BCUT2D eigenvalue weighted by Crippen LogP contribution is 2.29. The zero-order chi connectivity index (χ0) is 18.7. The van der Waals surface area contributed by atoms with Crippen molar-refractivity contribution in [1.29, 1.82) is 0 Å². The standard InChI is InChI=1S/C18H17ClF3NO2/c1-17(2,25-15-8-6-14(19)7-9-15)16(24)23-11-12-4-3-5-13(10-12)18(20,21)22/h3-10H,11H2,1-2H3,(H,23,24). The molecule has 134 valence electrons. The van der Waals surface area contributed by atoms with E-state index in [1.807, 2.05) is 0 Å². The van der Waals surface area contributed by atoms with Crippen molar-refractivity contribution in [2.75, 3.05) is 0 Å². The Morgan fingerprint density at radius 2 is 1.76 bits per heavy atom. The van der Waals surface area contributed by atoms with Crippen LogP contribution in [-0.4, -0.2) is 11.5 Å². The van der Waals surface area contributed by atoms with E-state index in [-0.39, 0.29) is 6.54 Å². The molecule has 2 aromatic carbocycles. The van der Waals surface area contributed by atoms with E-state index in [0.717, 1.165) is 12.1 Å². The van der Waals surface area contributed by atoms with Gasteiger partial charge in [0.05, 0.1) is 5.56 Å². The fourth-order valence-corrected chi connectivity index (χ4v) is 2.22. The summed E-state index contributed by atoms with van der Waals surface area (Å²) in [6.45, 7) is 3.11. The summed E-state index contributed by atoms with van der Waals surface area (Å²) >= 11 is 5.79. The molecule has 2 aromatic rings. The maximum atomic E-state index is 12.7. The van der Waals surface area contributed by atoms with Crippen LogP contribution < -0.4 is 10.1 Å². The maximum Gasteiger partial charge on any atom is 0.416 e. The number of carbonyl (C=O) groups is 1. The van der Waals surface area contributed by atoms with E-state index < -0.39 is 23.2 Å². The van der Waals surface area contributed by atoms with Crippen molar-refractivity contribution < 1.29 is 22.7 Å². The first-order valence-corrected chi connectivity index (χ1v) is 7.85. The van der Waals surface area contributed by atoms with Gasteiger partial charge in [0.25, 0.3) is 5.91 Å². The number of benzene rings is 2. The van der Waals surface area contributed by atoms with E-state index in [1.165, 1.54) is 12.1 Å². The van der Waals surface area contributed by atoms with Crippen LogP contribution in [0.2, 0.25) is 5.02 Å². The van der Waals surface area contributed by atoms with Gasteiger partial charge in [-0.2, -0.15) is 13.2 Å². The molecule has 0 aliphatic heterocycles. The van der Waals surface area contributed by atoms with Crippen LogP contribution >= 0.6 is 11.6 Å². The van der Waals surface area contributed by atoms with Crippen LogP contribution in [0.1, 0.15) is 25.0 Å². The van der Waals surface area contributed by atoms with Crippen molar-refractivity contribution in [1.82, 2.24) is 5.32 Å². The number of nitrogens with one attached hydrogen (secondary N) is 1. The average Bonchev–Trinajstić information content (AvgIpc) is 2.54. The largest absolute Gasteiger partial charge is 0.478 e. The second-order valence-corrected chi connectivity index (χ2v) is 6.38. The van der Waals surface area contributed by atoms with E-state index in [9.17, 15) is 18.0 Å². The molecule has 0 fully saturated rings. The Balaban J connectivity index is 2.00. The van der Waals surface area contributed by atoms with Gasteiger partial charge in [-0.15, -0.1) is 0 Å². The quantitative estimate of drug-likeness (QED) is 0.817. The number of amides is 1. The molecule has 0 saturated carbocycles. The monoisotopic (exact) mass is 371 g/mol. The molecule has 7 heteroatoms. The number of alkyl halides is 3. The summed E-state index contributed by atoms with van der Waals surface area (Å²) in [5.74, 6) is 0.0171. The summed E-state index contributed by atoms with van der Waals surface area (Å²) < 4.78 is 43.8. The van der Waals surface area contributed by atoms with Crippen molar-refractivity contribution in [2.24, 2.45) is 0 Å². The highest BCUT2D eigenvalue weighted by molar-refractivity contribution is 6.30. The molecule has 0 aliphatic carbocycles. The smallest absolute Gasteiger partial charge is 0.416 e. The Hall–Kier alpha value is -2.21. The number of hydrogen-bond acceptors (Lipinski definition) is 2. The first kappa shape index (κ1) is 19.1. The highest BCUT2D eigenvalue weighted by Gasteiger charge is 2.31. The van der Waals surface area contributed by atoms with Crippen LogP contribution in [-0.2, 0) is 17.5 Å². The minimum Gasteiger partial charge on any atom is -0.478 e. The molecule has 1 N–H and O–H groups in total. The van der Waals surface area contributed by atoms with Crippen LogP contribution in [0.3, 0.4) is 0 Å². The van der Waals surface area contributed by atoms with Crippen molar-refractivity contribution >= 4 is 17.5 Å². The third-order valence-electron chi connectivity index (χ3n) is 3.44. The lowest BCUT2D eigenvalue weighted by Gasteiger charge is -2.25. The predicted octanol–water partition coefficient (Wildman–Crippen LogP) is 4.83. The summed E-state index contributed by atoms with van der Waals surface area (Å²) in [6, 6.07) is 11.3. The molecular weight excluding hydrogens is 355 g/mol. The van der Waals surface area contributed by atoms with Gasteiger partial charge in [-0.1, -0.05) is 23.7 Å². The Morgan fingerprint density at radius 3 is 2.36 bits per heavy atom. The van der Waals surface area contributed by atoms with Crippen LogP contribution in [0.5, 0.6) is 5.75 Å². The third kappa shape index (κ3) is 5.39. The van der Waals surface area contributed by atoms with Crippen LogP contribution in [0, 0.1) is 0 Å². The van der Waals surface area contributed by atoms with Crippen molar-refractivity contribution in [3.05, 3.63) is 64.7 Å². The number of rotatable bonds is 5. The number of halogens is 4. The first-order chi connectivity index (χ1) is 11.6. The van der Waals surface area contributed by atoms with Crippen LogP contribution in [0.4, 0.5) is 13.2 Å². The number of carbonyl (C=O) groups excluding carboxylic acids is 1. The summed E-state index contributed by atoms with van der Waals surface area (Å²) in [5, 5.41) is 3.13. The topological polar surface area (TPSA) is 38.3 Å². The molecule has 0 spiro atoms. The SMILES string of the molecule is CC(C)(Oc1ccc(Cl)cc1)C(=O)NCc1cccc(C(F)(F)F)c1. The zero-order valence-corrected chi connectivity index (χ0v) is 14.4. The van der Waals surface area contributed by atoms with Crippen molar-refractivity contribution in [3.63, 3.8) is 0 Å². The van der Waals surface area contributed by atoms with Crippen LogP contribution in [0.25, 0.3) is 0 Å². The molecule has 0 unspecified atom stereocenters. The summed E-state index contributed by atoms with van der Waals surface area (Å²) in [7, 11) is 0. The highest BCUT2D eigenvalue weighted by atomic mass is 35.5. The molecule has 0 aliphatic rings. The van der Waals surface area contributed by atoms with E-state index in [2.05, 4.69) is 5.32 Å². The van der Waals surface area contributed by atoms with Gasteiger partial charge in [-0.3, -0.25) is 4.79 Å². The lowest BCUT2D eigenvalue weighted by atomic mass is 10.1. The van der Waals surface area contributed by atoms with E-state index in [1.54, 1.807) is 38.1 Å². The molecule has 1 amide bonds. The van der Waals surface area contributed by atoms with Gasteiger partial charge in [0.1, 0.15) is 5.75 Å². The predicted molar refractivity (Wildman–Crippen MR) is 89.4 cm³/mol. The van der Waals surface area contributed by atoms with Gasteiger partial charge in [0.2, 0.25) is 0 Å². The Morgan fingerprint density at radius 1 is 1.12 bits per heavy atom. The van der Waals surface area contributed by atoms with E-state index in [4.69, 9.17) is 16.3 Å². The molecule has 3 nitrogen and oxygen atoms in total. The second-order valence-electron chi connectivity index (χ2n) is 5.95. The lowest BCUT2D eigenvalue weighted by Crippen LogP contribution is -2.46. The normalized spacial score (nSPS) is 11.9. The fourth-order valence-electron chi connectivity index (χ4n) is 2.10. The van der Waals surface area contributed by atoms with Gasteiger partial charge >= 0.3 is 6.18 Å². The number of hydrogen-bond donors (Lipinski definition) is 1. The third-order valence-corrected chi connectivity index (χ3v) is 3.69. The minimum atomic E-state index is -4.42. The molecule has 0 saturated heterocycles. The molecule has 0 bridgehead atoms. The molecule has 0 aromatic heterocycles. The fraction of sp³-hybridized carbons (Fsp3) is 0.278. The summed E-state index contributed by atoms with van der Waals surface area (Å²) in [4.78, 5) is 12.3. The lowest BCUT2D eigenvalue weighted by molar-refractivity contribution is -0.137. The first-order valence-electron chi connectivity index (χ1n) is 7.47.